The van der Waals surface area contributed by atoms with Gasteiger partial charge in [-0.15, -0.1) is 0 Å². The van der Waals surface area contributed by atoms with Crippen LogP contribution < -0.4 is 14.8 Å². The normalized spacial score (nSPS) is 11.3. The molecule has 3 rings (SSSR count). The van der Waals surface area contributed by atoms with E-state index in [1.165, 1.54) is 14.2 Å². The quantitative estimate of drug-likeness (QED) is 0.584. The number of methoxy groups -OCH3 is 2. The number of amides is 1. The van der Waals surface area contributed by atoms with Crippen molar-refractivity contribution in [3.8, 4) is 11.5 Å². The molecule has 3 aromatic carbocycles. The van der Waals surface area contributed by atoms with Crippen LogP contribution in [0.15, 0.2) is 72.8 Å². The van der Waals surface area contributed by atoms with Crippen LogP contribution in [0.1, 0.15) is 27.6 Å². The maximum Gasteiger partial charge on any atom is 0.343 e. The third kappa shape index (κ3) is 4.97. The topological polar surface area (TPSA) is 73.9 Å². The van der Waals surface area contributed by atoms with Crippen LogP contribution in [0.2, 0.25) is 0 Å². The number of nitrogens with one attached hydrogen (secondary N) is 1. The van der Waals surface area contributed by atoms with Gasteiger partial charge in [0.1, 0.15) is 17.1 Å². The molecule has 3 aromatic rings. The first-order chi connectivity index (χ1) is 14.5. The van der Waals surface area contributed by atoms with Gasteiger partial charge < -0.3 is 19.5 Å². The molecule has 0 aliphatic carbocycles. The molecule has 6 heteroatoms. The number of hydrogen-bond acceptors (Lipinski definition) is 5. The Balaban J connectivity index is 1.87. The van der Waals surface area contributed by atoms with E-state index in [2.05, 4.69) is 5.32 Å². The number of ether oxygens (including phenoxy) is 3. The van der Waals surface area contributed by atoms with Gasteiger partial charge >= 0.3 is 5.97 Å². The Kier molecular flexibility index (Phi) is 6.70. The van der Waals surface area contributed by atoms with Crippen LogP contribution in [0.25, 0.3) is 0 Å². The van der Waals surface area contributed by atoms with Crippen molar-refractivity contribution < 1.29 is 23.8 Å². The molecule has 0 aliphatic heterocycles. The second-order valence-corrected chi connectivity index (χ2v) is 6.62. The lowest BCUT2D eigenvalue weighted by Gasteiger charge is -2.19. The fourth-order valence-electron chi connectivity index (χ4n) is 2.88. The molecule has 6 nitrogen and oxygen atoms in total. The molecular formula is C24H23NO5. The lowest BCUT2D eigenvalue weighted by Crippen LogP contribution is -2.26. The monoisotopic (exact) mass is 405 g/mol. The van der Waals surface area contributed by atoms with Gasteiger partial charge in [-0.1, -0.05) is 48.0 Å². The molecule has 0 heterocycles. The fraction of sp³-hybridized carbons (Fsp3) is 0.167. The summed E-state index contributed by atoms with van der Waals surface area (Å²) in [6, 6.07) is 21.0. The van der Waals surface area contributed by atoms with Crippen molar-refractivity contribution in [3.05, 3.63) is 89.5 Å². The Morgan fingerprint density at radius 2 is 1.57 bits per heavy atom. The lowest BCUT2D eigenvalue weighted by molar-refractivity contribution is -0.125. The van der Waals surface area contributed by atoms with E-state index >= 15 is 0 Å². The molecule has 0 unspecified atom stereocenters. The molecule has 1 amide bonds. The van der Waals surface area contributed by atoms with E-state index in [1.54, 1.807) is 54.6 Å². The van der Waals surface area contributed by atoms with E-state index in [4.69, 9.17) is 14.2 Å². The summed E-state index contributed by atoms with van der Waals surface area (Å²) in [6.45, 7) is 1.96. The van der Waals surface area contributed by atoms with Gasteiger partial charge in [-0.25, -0.2) is 4.79 Å². The van der Waals surface area contributed by atoms with Crippen LogP contribution in [0, 0.1) is 6.92 Å². The molecular weight excluding hydrogens is 382 g/mol. The first kappa shape index (κ1) is 20.9. The standard InChI is InChI=1S/C24H23NO5/c1-16-9-11-18(12-10-16)25-23(26)22(17-7-5-4-6-8-17)30-24(27)20-14-13-19(28-2)15-21(20)29-3/h4-15,22H,1-3H3,(H,25,26)/t22-/m1/s1. The van der Waals surface area contributed by atoms with Gasteiger partial charge in [0.2, 0.25) is 6.10 Å². The maximum atomic E-state index is 13.0. The van der Waals surface area contributed by atoms with E-state index in [0.717, 1.165) is 5.56 Å². The number of rotatable bonds is 7. The predicted molar refractivity (Wildman–Crippen MR) is 114 cm³/mol. The Labute approximate surface area is 175 Å². The minimum atomic E-state index is -1.13. The molecule has 0 aliphatic rings. The fourth-order valence-corrected chi connectivity index (χ4v) is 2.88. The Bertz CT molecular complexity index is 1020. The van der Waals surface area contributed by atoms with E-state index in [0.29, 0.717) is 22.7 Å². The van der Waals surface area contributed by atoms with Crippen molar-refractivity contribution in [2.24, 2.45) is 0 Å². The van der Waals surface area contributed by atoms with Gasteiger partial charge in [0.15, 0.2) is 0 Å². The highest BCUT2D eigenvalue weighted by Gasteiger charge is 2.27. The van der Waals surface area contributed by atoms with Gasteiger partial charge in [-0.2, -0.15) is 0 Å². The summed E-state index contributed by atoms with van der Waals surface area (Å²) < 4.78 is 16.1. The summed E-state index contributed by atoms with van der Waals surface area (Å²) in [4.78, 5) is 25.9. The number of carbonyl (C=O) groups excluding carboxylic acids is 2. The van der Waals surface area contributed by atoms with Crippen molar-refractivity contribution in [1.29, 1.82) is 0 Å². The summed E-state index contributed by atoms with van der Waals surface area (Å²) >= 11 is 0. The molecule has 0 radical (unpaired) electrons. The molecule has 0 fully saturated rings. The maximum absolute atomic E-state index is 13.0. The minimum Gasteiger partial charge on any atom is -0.497 e. The molecule has 0 saturated carbocycles. The molecule has 0 bridgehead atoms. The third-order valence-electron chi connectivity index (χ3n) is 4.51. The molecule has 1 atom stereocenters. The van der Waals surface area contributed by atoms with Gasteiger partial charge in [0, 0.05) is 17.3 Å². The van der Waals surface area contributed by atoms with Crippen LogP contribution >= 0.6 is 0 Å². The smallest absolute Gasteiger partial charge is 0.343 e. The van der Waals surface area contributed by atoms with Crippen molar-refractivity contribution in [2.75, 3.05) is 19.5 Å². The highest BCUT2D eigenvalue weighted by atomic mass is 16.6. The van der Waals surface area contributed by atoms with Gasteiger partial charge in [0.25, 0.3) is 5.91 Å². The van der Waals surface area contributed by atoms with Crippen LogP contribution in [-0.2, 0) is 9.53 Å². The van der Waals surface area contributed by atoms with E-state index in [1.807, 2.05) is 25.1 Å². The van der Waals surface area contributed by atoms with E-state index in [9.17, 15) is 9.59 Å². The number of aryl methyl sites for hydroxylation is 1. The summed E-state index contributed by atoms with van der Waals surface area (Å²) in [5, 5.41) is 2.80. The zero-order chi connectivity index (χ0) is 21.5. The summed E-state index contributed by atoms with van der Waals surface area (Å²) in [7, 11) is 2.97. The first-order valence-electron chi connectivity index (χ1n) is 9.37. The molecule has 0 saturated heterocycles. The minimum absolute atomic E-state index is 0.197. The average Bonchev–Trinajstić information content (AvgIpc) is 2.78. The summed E-state index contributed by atoms with van der Waals surface area (Å²) in [5.41, 5.74) is 2.44. The van der Waals surface area contributed by atoms with Crippen LogP contribution in [0.4, 0.5) is 5.69 Å². The first-order valence-corrected chi connectivity index (χ1v) is 9.37. The number of hydrogen-bond donors (Lipinski definition) is 1. The largest absolute Gasteiger partial charge is 0.497 e. The van der Waals surface area contributed by atoms with Gasteiger partial charge in [-0.05, 0) is 31.2 Å². The van der Waals surface area contributed by atoms with Gasteiger partial charge in [0.05, 0.1) is 14.2 Å². The molecule has 0 spiro atoms. The van der Waals surface area contributed by atoms with Crippen molar-refractivity contribution in [3.63, 3.8) is 0 Å². The second kappa shape index (κ2) is 9.60. The lowest BCUT2D eigenvalue weighted by atomic mass is 10.1. The van der Waals surface area contributed by atoms with Crippen molar-refractivity contribution >= 4 is 17.6 Å². The molecule has 0 aromatic heterocycles. The zero-order valence-electron chi connectivity index (χ0n) is 17.0. The predicted octanol–water partition coefficient (Wildman–Crippen LogP) is 4.55. The van der Waals surface area contributed by atoms with Crippen molar-refractivity contribution in [2.45, 2.75) is 13.0 Å². The Morgan fingerprint density at radius 1 is 0.867 bits per heavy atom. The summed E-state index contributed by atoms with van der Waals surface area (Å²) in [5.74, 6) is -0.293. The molecule has 154 valence electrons. The average molecular weight is 405 g/mol. The zero-order valence-corrected chi connectivity index (χ0v) is 17.0. The highest BCUT2D eigenvalue weighted by Crippen LogP contribution is 2.28. The molecule has 30 heavy (non-hydrogen) atoms. The Hall–Kier alpha value is -3.80. The summed E-state index contributed by atoms with van der Waals surface area (Å²) in [6.07, 6.45) is -1.13. The van der Waals surface area contributed by atoms with E-state index < -0.39 is 18.0 Å². The number of anilines is 1. The SMILES string of the molecule is COc1ccc(C(=O)O[C@@H](C(=O)Nc2ccc(C)cc2)c2ccccc2)c(OC)c1. The highest BCUT2D eigenvalue weighted by molar-refractivity contribution is 5.99. The van der Waals surface area contributed by atoms with E-state index in [-0.39, 0.29) is 5.56 Å². The van der Waals surface area contributed by atoms with Crippen molar-refractivity contribution in [1.82, 2.24) is 0 Å². The van der Waals surface area contributed by atoms with Crippen LogP contribution in [0.3, 0.4) is 0 Å². The molecule has 1 N–H and O–H groups in total. The third-order valence-corrected chi connectivity index (χ3v) is 4.51. The van der Waals surface area contributed by atoms with Crippen LogP contribution in [-0.4, -0.2) is 26.1 Å². The Morgan fingerprint density at radius 3 is 2.20 bits per heavy atom. The number of carbonyl (C=O) groups is 2. The van der Waals surface area contributed by atoms with Crippen LogP contribution in [0.5, 0.6) is 11.5 Å². The number of esters is 1. The second-order valence-electron chi connectivity index (χ2n) is 6.62. The number of benzene rings is 3. The van der Waals surface area contributed by atoms with Gasteiger partial charge in [-0.3, -0.25) is 4.79 Å².